The van der Waals surface area contributed by atoms with E-state index in [1.54, 1.807) is 6.92 Å². The lowest BCUT2D eigenvalue weighted by Gasteiger charge is -2.28. The summed E-state index contributed by atoms with van der Waals surface area (Å²) in [6.07, 6.45) is 2.61. The molecule has 0 aromatic rings. The third kappa shape index (κ3) is 8.82. The molecule has 152 valence electrons. The fraction of sp³-hybridized carbons (Fsp3) is 0.824. The van der Waals surface area contributed by atoms with Crippen LogP contribution in [0.1, 0.15) is 40.0 Å². The molecule has 2 atom stereocenters. The van der Waals surface area contributed by atoms with Crippen LogP contribution in [-0.4, -0.2) is 78.1 Å². The van der Waals surface area contributed by atoms with Crippen LogP contribution < -0.4 is 10.6 Å². The average Bonchev–Trinajstić information content (AvgIpc) is 2.77. The number of carboxylic acid groups (broad SMARTS) is 1. The second-order valence-corrected chi connectivity index (χ2v) is 7.20. The fourth-order valence-corrected chi connectivity index (χ4v) is 2.99. The highest BCUT2D eigenvalue weighted by atomic mass is 35.5. The second-order valence-electron chi connectivity index (χ2n) is 7.20. The minimum Gasteiger partial charge on any atom is -0.480 e. The van der Waals surface area contributed by atoms with Gasteiger partial charge in [-0.2, -0.15) is 0 Å². The van der Waals surface area contributed by atoms with E-state index in [4.69, 9.17) is 5.11 Å². The Kier molecular flexibility index (Phi) is 11.4. The zero-order chi connectivity index (χ0) is 19.0. The minimum atomic E-state index is -0.830. The molecule has 1 aliphatic rings. The highest BCUT2D eigenvalue weighted by Gasteiger charge is 2.27. The minimum absolute atomic E-state index is 0. The second kappa shape index (κ2) is 12.1. The van der Waals surface area contributed by atoms with Gasteiger partial charge in [0.1, 0.15) is 0 Å². The largest absolute Gasteiger partial charge is 0.480 e. The maximum absolute atomic E-state index is 12.3. The number of carbonyl (C=O) groups excluding carboxylic acids is 2. The monoisotopic (exact) mass is 392 g/mol. The number of imide groups is 1. The summed E-state index contributed by atoms with van der Waals surface area (Å²) in [4.78, 5) is 38.8. The van der Waals surface area contributed by atoms with E-state index < -0.39 is 18.0 Å². The quantitative estimate of drug-likeness (QED) is 0.600. The van der Waals surface area contributed by atoms with Gasteiger partial charge in [0, 0.05) is 19.1 Å². The van der Waals surface area contributed by atoms with E-state index in [-0.39, 0.29) is 30.9 Å². The molecule has 0 aliphatic carbocycles. The summed E-state index contributed by atoms with van der Waals surface area (Å²) >= 11 is 0. The van der Waals surface area contributed by atoms with Gasteiger partial charge in [-0.1, -0.05) is 13.8 Å². The van der Waals surface area contributed by atoms with E-state index in [0.29, 0.717) is 19.0 Å². The Morgan fingerprint density at radius 2 is 1.85 bits per heavy atom. The van der Waals surface area contributed by atoms with Crippen molar-refractivity contribution in [3.05, 3.63) is 0 Å². The Morgan fingerprint density at radius 1 is 1.19 bits per heavy atom. The number of carbonyl (C=O) groups is 3. The van der Waals surface area contributed by atoms with Gasteiger partial charge in [0.05, 0.1) is 12.6 Å². The lowest BCUT2D eigenvalue weighted by molar-refractivity contribution is -0.138. The van der Waals surface area contributed by atoms with Gasteiger partial charge in [-0.05, 0) is 45.7 Å². The predicted octanol–water partition coefficient (Wildman–Crippen LogP) is 1.15. The molecule has 1 fully saturated rings. The molecule has 0 spiro atoms. The predicted molar refractivity (Wildman–Crippen MR) is 103 cm³/mol. The van der Waals surface area contributed by atoms with Crippen LogP contribution in [0.15, 0.2) is 0 Å². The number of rotatable bonds is 7. The Balaban J connectivity index is 0.00000625. The number of hydrogen-bond acceptors (Lipinski definition) is 5. The van der Waals surface area contributed by atoms with Crippen molar-refractivity contribution in [2.45, 2.75) is 52.1 Å². The van der Waals surface area contributed by atoms with E-state index in [1.165, 1.54) is 0 Å². The molecule has 2 unspecified atom stereocenters. The van der Waals surface area contributed by atoms with E-state index in [9.17, 15) is 14.4 Å². The lowest BCUT2D eigenvalue weighted by Crippen LogP contribution is -2.50. The standard InChI is InChI=1S/C17H32N4O4.ClH/c1-12(2)10-18-17(25)19-16(24)13(3)21-8-5-6-14(7-9-21)20(4)11-15(22)23;/h12-14H,5-11H2,1-4H3,(H,22,23)(H2,18,19,24,25);1H. The number of nitrogens with one attached hydrogen (secondary N) is 2. The van der Waals surface area contributed by atoms with E-state index >= 15 is 0 Å². The molecule has 1 rings (SSSR count). The number of nitrogens with zero attached hydrogens (tertiary/aromatic N) is 2. The molecule has 0 saturated carbocycles. The van der Waals surface area contributed by atoms with Crippen molar-refractivity contribution in [3.63, 3.8) is 0 Å². The van der Waals surface area contributed by atoms with Crippen molar-refractivity contribution in [3.8, 4) is 0 Å². The molecule has 0 bridgehead atoms. The van der Waals surface area contributed by atoms with Crippen LogP contribution in [-0.2, 0) is 9.59 Å². The molecule has 3 amide bonds. The lowest BCUT2D eigenvalue weighted by atomic mass is 10.1. The summed E-state index contributed by atoms with van der Waals surface area (Å²) in [6, 6.07) is -0.654. The van der Waals surface area contributed by atoms with Crippen molar-refractivity contribution in [1.82, 2.24) is 20.4 Å². The first-order valence-electron chi connectivity index (χ1n) is 8.95. The number of urea groups is 1. The van der Waals surface area contributed by atoms with E-state index in [0.717, 1.165) is 25.8 Å². The van der Waals surface area contributed by atoms with Gasteiger partial charge >= 0.3 is 12.0 Å². The first-order chi connectivity index (χ1) is 11.7. The van der Waals surface area contributed by atoms with Crippen LogP contribution in [0.3, 0.4) is 0 Å². The highest BCUT2D eigenvalue weighted by molar-refractivity contribution is 5.96. The Bertz CT molecular complexity index is 476. The number of halogens is 1. The maximum atomic E-state index is 12.3. The summed E-state index contributed by atoms with van der Waals surface area (Å²) in [5.41, 5.74) is 0. The number of likely N-dealkylation sites (N-methyl/N-ethyl adjacent to an activating group) is 1. The normalized spacial score (nSPS) is 19.4. The zero-order valence-corrected chi connectivity index (χ0v) is 17.0. The summed E-state index contributed by atoms with van der Waals surface area (Å²) in [5, 5.41) is 14.0. The van der Waals surface area contributed by atoms with Crippen LogP contribution in [0.4, 0.5) is 4.79 Å². The van der Waals surface area contributed by atoms with Gasteiger partial charge in [-0.3, -0.25) is 24.7 Å². The molecule has 1 heterocycles. The van der Waals surface area contributed by atoms with Crippen molar-refractivity contribution >= 4 is 30.3 Å². The Morgan fingerprint density at radius 3 is 2.42 bits per heavy atom. The van der Waals surface area contributed by atoms with Gasteiger partial charge in [-0.25, -0.2) is 4.79 Å². The first-order valence-corrected chi connectivity index (χ1v) is 8.95. The van der Waals surface area contributed by atoms with Crippen LogP contribution in [0, 0.1) is 5.92 Å². The first kappa shape index (κ1) is 24.6. The van der Waals surface area contributed by atoms with Gasteiger partial charge < -0.3 is 10.4 Å². The van der Waals surface area contributed by atoms with Crippen molar-refractivity contribution in [1.29, 1.82) is 0 Å². The molecule has 9 heteroatoms. The smallest absolute Gasteiger partial charge is 0.321 e. The zero-order valence-electron chi connectivity index (χ0n) is 16.2. The number of carboxylic acids is 1. The van der Waals surface area contributed by atoms with E-state index in [2.05, 4.69) is 15.5 Å². The molecule has 1 aliphatic heterocycles. The third-order valence-corrected chi connectivity index (χ3v) is 4.57. The number of amides is 3. The molecule has 3 N–H and O–H groups in total. The molecule has 1 saturated heterocycles. The summed E-state index contributed by atoms with van der Waals surface area (Å²) < 4.78 is 0. The summed E-state index contributed by atoms with van der Waals surface area (Å²) in [7, 11) is 1.82. The van der Waals surface area contributed by atoms with Crippen molar-refractivity contribution < 1.29 is 19.5 Å². The van der Waals surface area contributed by atoms with Crippen molar-refractivity contribution in [2.75, 3.05) is 33.2 Å². The molecule has 0 radical (unpaired) electrons. The van der Waals surface area contributed by atoms with Gasteiger partial charge in [-0.15, -0.1) is 12.4 Å². The topological polar surface area (TPSA) is 102 Å². The van der Waals surface area contributed by atoms with Crippen LogP contribution >= 0.6 is 12.4 Å². The Hall–Kier alpha value is -1.38. The van der Waals surface area contributed by atoms with E-state index in [1.807, 2.05) is 25.8 Å². The molecule has 26 heavy (non-hydrogen) atoms. The number of hydrogen-bond donors (Lipinski definition) is 3. The number of aliphatic carboxylic acids is 1. The molecular formula is C17H33ClN4O4. The fourth-order valence-electron chi connectivity index (χ4n) is 2.99. The summed E-state index contributed by atoms with van der Waals surface area (Å²) in [6.45, 7) is 7.79. The van der Waals surface area contributed by atoms with Gasteiger partial charge in [0.15, 0.2) is 0 Å². The Labute approximate surface area is 162 Å². The van der Waals surface area contributed by atoms with Crippen LogP contribution in [0.5, 0.6) is 0 Å². The van der Waals surface area contributed by atoms with Crippen molar-refractivity contribution in [2.24, 2.45) is 5.92 Å². The van der Waals surface area contributed by atoms with Gasteiger partial charge in [0.25, 0.3) is 0 Å². The molecular weight excluding hydrogens is 360 g/mol. The molecule has 0 aromatic heterocycles. The average molecular weight is 393 g/mol. The third-order valence-electron chi connectivity index (χ3n) is 4.57. The molecule has 8 nitrogen and oxygen atoms in total. The van der Waals surface area contributed by atoms with Crippen LogP contribution in [0.2, 0.25) is 0 Å². The SMILES string of the molecule is CC(C)CNC(=O)NC(=O)C(C)N1CCCC(N(C)CC(=O)O)CC1.Cl. The summed E-state index contributed by atoms with van der Waals surface area (Å²) in [5.74, 6) is -0.814. The maximum Gasteiger partial charge on any atom is 0.321 e. The number of likely N-dealkylation sites (tertiary alicyclic amines) is 1. The van der Waals surface area contributed by atoms with Crippen LogP contribution in [0.25, 0.3) is 0 Å². The highest BCUT2D eigenvalue weighted by Crippen LogP contribution is 2.17. The molecule has 0 aromatic carbocycles. The van der Waals surface area contributed by atoms with Gasteiger partial charge in [0.2, 0.25) is 5.91 Å².